The molecule has 0 saturated carbocycles. The second-order valence-electron chi connectivity index (χ2n) is 6.51. The Balaban J connectivity index is 1.54. The van der Waals surface area contributed by atoms with Gasteiger partial charge < -0.3 is 4.74 Å². The first-order chi connectivity index (χ1) is 14.2. The molecule has 0 aliphatic carbocycles. The van der Waals surface area contributed by atoms with Gasteiger partial charge in [0.05, 0.1) is 23.0 Å². The smallest absolute Gasteiger partial charge is 0.311 e. The average molecular weight is 514 g/mol. The van der Waals surface area contributed by atoms with Gasteiger partial charge in [-0.25, -0.2) is 0 Å². The lowest BCUT2D eigenvalue weighted by atomic mass is 10.1. The summed E-state index contributed by atoms with van der Waals surface area (Å²) in [5.41, 5.74) is 2.97. The van der Waals surface area contributed by atoms with E-state index in [1.54, 1.807) is 24.3 Å². The number of amides is 2. The molecule has 10 heteroatoms. The van der Waals surface area contributed by atoms with Crippen LogP contribution in [0.5, 0.6) is 0 Å². The minimum Gasteiger partial charge on any atom is -0.457 e. The molecule has 0 spiro atoms. The van der Waals surface area contributed by atoms with Gasteiger partial charge in [0.25, 0.3) is 5.91 Å². The molecule has 1 atom stereocenters. The standard InChI is InChI=1S/C20H15BrCl2N2O5/c21-13-3-1-11(2-4-13)17(26)10-30-20(29)12-7-18(27)25(9-12)24-19(28)15-6-5-14(22)8-16(15)23/h1-6,8,12H,7,9-10H2,(H,24,28)/t12-/m1/s1. The van der Waals surface area contributed by atoms with Crippen LogP contribution in [0.3, 0.4) is 0 Å². The number of hydrogen-bond acceptors (Lipinski definition) is 5. The van der Waals surface area contributed by atoms with Crippen LogP contribution in [0.25, 0.3) is 0 Å². The van der Waals surface area contributed by atoms with Crippen LogP contribution in [0, 0.1) is 5.92 Å². The predicted octanol–water partition coefficient (Wildman–Crippen LogP) is 3.68. The third-order valence-electron chi connectivity index (χ3n) is 4.38. The zero-order chi connectivity index (χ0) is 21.8. The summed E-state index contributed by atoms with van der Waals surface area (Å²) in [5, 5.41) is 1.54. The highest BCUT2D eigenvalue weighted by Gasteiger charge is 2.37. The van der Waals surface area contributed by atoms with Gasteiger partial charge in [0.15, 0.2) is 12.4 Å². The second-order valence-corrected chi connectivity index (χ2v) is 8.27. The number of esters is 1. The summed E-state index contributed by atoms with van der Waals surface area (Å²) >= 11 is 15.1. The Bertz CT molecular complexity index is 1010. The molecule has 30 heavy (non-hydrogen) atoms. The first kappa shape index (κ1) is 22.3. The average Bonchev–Trinajstić information content (AvgIpc) is 3.06. The Morgan fingerprint density at radius 2 is 1.83 bits per heavy atom. The zero-order valence-electron chi connectivity index (χ0n) is 15.4. The van der Waals surface area contributed by atoms with Gasteiger partial charge in [-0.05, 0) is 30.3 Å². The van der Waals surface area contributed by atoms with Gasteiger partial charge in [-0.1, -0.05) is 51.3 Å². The Hall–Kier alpha value is -2.42. The number of ether oxygens (including phenoxy) is 1. The Kier molecular flexibility index (Phi) is 7.12. The highest BCUT2D eigenvalue weighted by Crippen LogP contribution is 2.22. The number of nitrogens with one attached hydrogen (secondary N) is 1. The number of hydrazine groups is 1. The van der Waals surface area contributed by atoms with Crippen LogP contribution in [0.2, 0.25) is 10.0 Å². The first-order valence-corrected chi connectivity index (χ1v) is 10.3. The highest BCUT2D eigenvalue weighted by atomic mass is 79.9. The van der Waals surface area contributed by atoms with Crippen molar-refractivity contribution in [3.8, 4) is 0 Å². The van der Waals surface area contributed by atoms with Crippen LogP contribution in [0.4, 0.5) is 0 Å². The van der Waals surface area contributed by atoms with E-state index < -0.39 is 30.3 Å². The SMILES string of the molecule is O=C(COC(=O)[C@@H]1CC(=O)N(NC(=O)c2ccc(Cl)cc2Cl)C1)c1ccc(Br)cc1. The molecular weight excluding hydrogens is 499 g/mol. The van der Waals surface area contributed by atoms with Gasteiger partial charge in [-0.3, -0.25) is 29.6 Å². The topological polar surface area (TPSA) is 92.8 Å². The molecule has 0 bridgehead atoms. The van der Waals surface area contributed by atoms with E-state index in [0.29, 0.717) is 10.6 Å². The maximum Gasteiger partial charge on any atom is 0.311 e. The van der Waals surface area contributed by atoms with Crippen LogP contribution >= 0.6 is 39.1 Å². The fourth-order valence-corrected chi connectivity index (χ4v) is 3.56. The highest BCUT2D eigenvalue weighted by molar-refractivity contribution is 9.10. The molecular formula is C20H15BrCl2N2O5. The molecule has 2 amide bonds. The largest absolute Gasteiger partial charge is 0.457 e. The van der Waals surface area contributed by atoms with Crippen LogP contribution in [-0.2, 0) is 14.3 Å². The molecule has 1 heterocycles. The minimum absolute atomic E-state index is 0.0684. The van der Waals surface area contributed by atoms with Gasteiger partial charge in [-0.2, -0.15) is 0 Å². The summed E-state index contributed by atoms with van der Waals surface area (Å²) in [6.07, 6.45) is -0.139. The molecule has 2 aromatic carbocycles. The molecule has 1 fully saturated rings. The maximum atomic E-state index is 12.4. The van der Waals surface area contributed by atoms with Crippen molar-refractivity contribution in [2.75, 3.05) is 13.2 Å². The van der Waals surface area contributed by atoms with Crippen LogP contribution in [0.15, 0.2) is 46.9 Å². The molecule has 1 N–H and O–H groups in total. The molecule has 1 aliphatic heterocycles. The van der Waals surface area contributed by atoms with Crippen molar-refractivity contribution in [1.82, 2.24) is 10.4 Å². The van der Waals surface area contributed by atoms with Crippen molar-refractivity contribution in [2.45, 2.75) is 6.42 Å². The monoisotopic (exact) mass is 512 g/mol. The van der Waals surface area contributed by atoms with Crippen molar-refractivity contribution in [1.29, 1.82) is 0 Å². The molecule has 1 aliphatic rings. The summed E-state index contributed by atoms with van der Waals surface area (Å²) in [4.78, 5) is 48.9. The van der Waals surface area contributed by atoms with Crippen LogP contribution < -0.4 is 5.43 Å². The zero-order valence-corrected chi connectivity index (χ0v) is 18.5. The van der Waals surface area contributed by atoms with E-state index >= 15 is 0 Å². The lowest BCUT2D eigenvalue weighted by Crippen LogP contribution is -2.43. The lowest BCUT2D eigenvalue weighted by Gasteiger charge is -2.18. The number of ketones is 1. The molecule has 0 radical (unpaired) electrons. The Labute approximate surface area is 190 Å². The normalized spacial score (nSPS) is 15.8. The lowest BCUT2D eigenvalue weighted by molar-refractivity contribution is -0.147. The summed E-state index contributed by atoms with van der Waals surface area (Å²) in [7, 11) is 0. The number of rotatable bonds is 6. The van der Waals surface area contributed by atoms with Crippen molar-refractivity contribution in [3.05, 3.63) is 68.1 Å². The number of hydrogen-bond donors (Lipinski definition) is 1. The summed E-state index contributed by atoms with van der Waals surface area (Å²) < 4.78 is 5.89. The van der Waals surface area contributed by atoms with E-state index in [1.807, 2.05) is 0 Å². The van der Waals surface area contributed by atoms with Crippen LogP contribution in [-0.4, -0.2) is 41.7 Å². The Morgan fingerprint density at radius 1 is 1.13 bits per heavy atom. The summed E-state index contributed by atoms with van der Waals surface area (Å²) in [6, 6.07) is 11.0. The van der Waals surface area contributed by atoms with E-state index in [1.165, 1.54) is 18.2 Å². The summed E-state index contributed by atoms with van der Waals surface area (Å²) in [5.74, 6) is -2.90. The van der Waals surface area contributed by atoms with E-state index in [4.69, 9.17) is 27.9 Å². The molecule has 2 aromatic rings. The van der Waals surface area contributed by atoms with Crippen molar-refractivity contribution in [2.24, 2.45) is 5.92 Å². The third-order valence-corrected chi connectivity index (χ3v) is 5.46. The van der Waals surface area contributed by atoms with E-state index in [-0.39, 0.29) is 29.3 Å². The van der Waals surface area contributed by atoms with Gasteiger partial charge in [-0.15, -0.1) is 0 Å². The maximum absolute atomic E-state index is 12.4. The second kappa shape index (κ2) is 9.59. The number of carbonyl (C=O) groups excluding carboxylic acids is 4. The predicted molar refractivity (Wildman–Crippen MR) is 113 cm³/mol. The molecule has 1 saturated heterocycles. The fourth-order valence-electron chi connectivity index (χ4n) is 2.80. The minimum atomic E-state index is -0.795. The molecule has 3 rings (SSSR count). The number of nitrogens with zero attached hydrogens (tertiary/aromatic N) is 1. The van der Waals surface area contributed by atoms with Crippen molar-refractivity contribution < 1.29 is 23.9 Å². The third kappa shape index (κ3) is 5.38. The quantitative estimate of drug-likeness (QED) is 0.470. The van der Waals surface area contributed by atoms with E-state index in [9.17, 15) is 19.2 Å². The number of carbonyl (C=O) groups is 4. The number of benzene rings is 2. The van der Waals surface area contributed by atoms with E-state index in [2.05, 4.69) is 21.4 Å². The van der Waals surface area contributed by atoms with Gasteiger partial charge >= 0.3 is 5.97 Å². The van der Waals surface area contributed by atoms with Gasteiger partial charge in [0.1, 0.15) is 0 Å². The van der Waals surface area contributed by atoms with Crippen molar-refractivity contribution in [3.63, 3.8) is 0 Å². The van der Waals surface area contributed by atoms with Crippen LogP contribution in [0.1, 0.15) is 27.1 Å². The van der Waals surface area contributed by atoms with E-state index in [0.717, 1.165) is 9.48 Å². The Morgan fingerprint density at radius 3 is 2.50 bits per heavy atom. The van der Waals surface area contributed by atoms with Gasteiger partial charge in [0, 0.05) is 21.5 Å². The first-order valence-electron chi connectivity index (χ1n) is 8.76. The molecule has 0 unspecified atom stereocenters. The molecule has 156 valence electrons. The number of halogens is 3. The summed E-state index contributed by atoms with van der Waals surface area (Å²) in [6.45, 7) is -0.501. The fraction of sp³-hybridized carbons (Fsp3) is 0.200. The molecule has 0 aromatic heterocycles. The molecule has 7 nitrogen and oxygen atoms in total. The number of Topliss-reactive ketones (excluding diaryl/α,β-unsaturated/α-hetero) is 1. The van der Waals surface area contributed by atoms with Crippen molar-refractivity contribution >= 4 is 62.7 Å². The van der Waals surface area contributed by atoms with Gasteiger partial charge in [0.2, 0.25) is 5.91 Å².